The summed E-state index contributed by atoms with van der Waals surface area (Å²) in [4.78, 5) is 34.3. The lowest BCUT2D eigenvalue weighted by Gasteiger charge is -2.36. The van der Waals surface area contributed by atoms with Crippen molar-refractivity contribution in [1.29, 1.82) is 0 Å². The molecule has 2 N–H and O–H groups in total. The Labute approximate surface area is 184 Å². The summed E-state index contributed by atoms with van der Waals surface area (Å²) in [6.07, 6.45) is 2.09. The molecule has 32 heavy (non-hydrogen) atoms. The molecule has 9 nitrogen and oxygen atoms in total. The third kappa shape index (κ3) is 5.86. The summed E-state index contributed by atoms with van der Waals surface area (Å²) in [7, 11) is 0. The minimum absolute atomic E-state index is 0.0111. The van der Waals surface area contributed by atoms with Gasteiger partial charge in [0.2, 0.25) is 5.91 Å². The third-order valence-corrected chi connectivity index (χ3v) is 5.45. The van der Waals surface area contributed by atoms with Crippen molar-refractivity contribution in [3.05, 3.63) is 35.9 Å². The van der Waals surface area contributed by atoms with Crippen LogP contribution in [0.15, 0.2) is 24.4 Å². The van der Waals surface area contributed by atoms with Gasteiger partial charge in [-0.15, -0.1) is 5.10 Å². The second kappa shape index (κ2) is 10.8. The highest BCUT2D eigenvalue weighted by molar-refractivity contribution is 5.72. The van der Waals surface area contributed by atoms with Gasteiger partial charge in [0.25, 0.3) is 0 Å². The number of rotatable bonds is 10. The molecule has 172 valence electrons. The summed E-state index contributed by atoms with van der Waals surface area (Å²) in [6, 6.07) is 4.06. The van der Waals surface area contributed by atoms with E-state index in [9.17, 15) is 23.2 Å². The fourth-order valence-corrected chi connectivity index (χ4v) is 3.71. The van der Waals surface area contributed by atoms with Gasteiger partial charge >= 0.3 is 0 Å². The van der Waals surface area contributed by atoms with Gasteiger partial charge < -0.3 is 20.3 Å². The molecule has 1 fully saturated rings. The maximum Gasteiger partial charge on any atom is 0.216 e. The van der Waals surface area contributed by atoms with E-state index in [0.29, 0.717) is 43.7 Å². The van der Waals surface area contributed by atoms with E-state index < -0.39 is 18.0 Å². The number of hydrogen-bond acceptors (Lipinski definition) is 7. The highest BCUT2D eigenvalue weighted by atomic mass is 19.1. The minimum atomic E-state index is -1.31. The van der Waals surface area contributed by atoms with Gasteiger partial charge in [0.15, 0.2) is 6.29 Å². The molecular weight excluding hydrogens is 422 g/mol. The van der Waals surface area contributed by atoms with Crippen LogP contribution in [0.25, 0.3) is 0 Å². The summed E-state index contributed by atoms with van der Waals surface area (Å²) < 4.78 is 30.9. The fourth-order valence-electron chi connectivity index (χ4n) is 3.71. The van der Waals surface area contributed by atoms with Crippen LogP contribution >= 0.6 is 0 Å². The monoisotopic (exact) mass is 448 g/mol. The quantitative estimate of drug-likeness (QED) is 0.533. The summed E-state index contributed by atoms with van der Waals surface area (Å²) in [6.45, 7) is 2.54. The van der Waals surface area contributed by atoms with Gasteiger partial charge in [-0.05, 0) is 24.6 Å². The highest BCUT2D eigenvalue weighted by Gasteiger charge is 2.32. The van der Waals surface area contributed by atoms with E-state index in [1.54, 1.807) is 17.0 Å². The molecule has 3 atom stereocenters. The third-order valence-electron chi connectivity index (χ3n) is 5.45. The molecule has 1 amide bonds. The first-order chi connectivity index (χ1) is 15.4. The first-order valence-electron chi connectivity index (χ1n) is 10.4. The molecule has 3 unspecified atom stereocenters. The van der Waals surface area contributed by atoms with Crippen LogP contribution in [0.4, 0.5) is 20.2 Å². The minimum Gasteiger partial charge on any atom is -0.385 e. The molecule has 1 saturated heterocycles. The van der Waals surface area contributed by atoms with Gasteiger partial charge in [-0.25, -0.2) is 13.5 Å². The number of carbonyl (C=O) groups is 3. The molecule has 2 aromatic rings. The lowest BCUT2D eigenvalue weighted by Crippen LogP contribution is -2.43. The highest BCUT2D eigenvalue weighted by Crippen LogP contribution is 2.31. The second-order valence-electron chi connectivity index (χ2n) is 7.81. The van der Waals surface area contributed by atoms with Crippen molar-refractivity contribution in [2.24, 2.45) is 5.92 Å². The van der Waals surface area contributed by atoms with Crippen LogP contribution in [-0.4, -0.2) is 65.8 Å². The van der Waals surface area contributed by atoms with Crippen LogP contribution in [0.5, 0.6) is 0 Å². The Bertz CT molecular complexity index is 953. The zero-order valence-corrected chi connectivity index (χ0v) is 17.7. The molecule has 1 aliphatic rings. The van der Waals surface area contributed by atoms with Crippen LogP contribution in [-0.2, 0) is 9.59 Å². The van der Waals surface area contributed by atoms with Crippen molar-refractivity contribution < 1.29 is 23.2 Å². The SMILES string of the molecule is CC(=O)NCC(CC=O)CNc1ccc(N2CCC(n3cc(C=O)nn3)C(F)C2)c(F)c1. The number of carbonyl (C=O) groups excluding carboxylic acids is 3. The van der Waals surface area contributed by atoms with Crippen molar-refractivity contribution in [3.8, 4) is 0 Å². The van der Waals surface area contributed by atoms with E-state index in [1.807, 2.05) is 0 Å². The van der Waals surface area contributed by atoms with Crippen molar-refractivity contribution in [2.75, 3.05) is 36.4 Å². The van der Waals surface area contributed by atoms with Gasteiger partial charge in [-0.1, -0.05) is 5.21 Å². The van der Waals surface area contributed by atoms with Gasteiger partial charge in [0.1, 0.15) is 24.0 Å². The molecule has 3 rings (SSSR count). The molecule has 1 aromatic heterocycles. The van der Waals surface area contributed by atoms with Gasteiger partial charge in [-0.3, -0.25) is 9.59 Å². The first kappa shape index (κ1) is 23.3. The summed E-state index contributed by atoms with van der Waals surface area (Å²) in [5.41, 5.74) is 0.966. The number of aldehydes is 2. The summed E-state index contributed by atoms with van der Waals surface area (Å²) in [5.74, 6) is -0.792. The van der Waals surface area contributed by atoms with Gasteiger partial charge in [0.05, 0.1) is 24.5 Å². The normalized spacial score (nSPS) is 19.3. The van der Waals surface area contributed by atoms with Crippen molar-refractivity contribution >= 4 is 29.9 Å². The van der Waals surface area contributed by atoms with E-state index in [-0.39, 0.29) is 30.5 Å². The average molecular weight is 448 g/mol. The van der Waals surface area contributed by atoms with Crippen molar-refractivity contribution in [3.63, 3.8) is 0 Å². The fraction of sp³-hybridized carbons (Fsp3) is 0.476. The van der Waals surface area contributed by atoms with Crippen LogP contribution in [0.1, 0.15) is 36.3 Å². The Kier molecular flexibility index (Phi) is 7.85. The van der Waals surface area contributed by atoms with Gasteiger partial charge in [-0.2, -0.15) is 0 Å². The maximum atomic E-state index is 14.8. The lowest BCUT2D eigenvalue weighted by molar-refractivity contribution is -0.119. The molecule has 0 spiro atoms. The standard InChI is InChI=1S/C21H26F2N6O3/c1-14(32)24-9-15(5-7-30)10-25-16-2-3-20(18(22)8-16)28-6-4-21(19(23)12-28)29-11-17(13-31)26-27-29/h2-3,7-8,11,13,15,19,21,25H,4-6,9-10,12H2,1H3,(H,24,32). The second-order valence-corrected chi connectivity index (χ2v) is 7.81. The molecule has 0 radical (unpaired) electrons. The number of hydrogen-bond donors (Lipinski definition) is 2. The molecule has 11 heteroatoms. The number of nitrogens with zero attached hydrogens (tertiary/aromatic N) is 4. The lowest BCUT2D eigenvalue weighted by atomic mass is 10.0. The number of nitrogens with one attached hydrogen (secondary N) is 2. The van der Waals surface area contributed by atoms with Gasteiger partial charge in [0, 0.05) is 44.6 Å². The number of anilines is 2. The molecule has 2 heterocycles. The molecular formula is C21H26F2N6O3. The topological polar surface area (TPSA) is 109 Å². The Balaban J connectivity index is 1.59. The number of halogens is 2. The van der Waals surface area contributed by atoms with Crippen LogP contribution in [0.2, 0.25) is 0 Å². The number of benzene rings is 1. The first-order valence-corrected chi connectivity index (χ1v) is 10.4. The largest absolute Gasteiger partial charge is 0.385 e. The maximum absolute atomic E-state index is 14.8. The Morgan fingerprint density at radius 2 is 2.16 bits per heavy atom. The smallest absolute Gasteiger partial charge is 0.216 e. The number of alkyl halides is 1. The van der Waals surface area contributed by atoms with Crippen molar-refractivity contribution in [2.45, 2.75) is 32.0 Å². The molecule has 0 bridgehead atoms. The Morgan fingerprint density at radius 3 is 2.78 bits per heavy atom. The molecule has 0 aliphatic carbocycles. The van der Waals surface area contributed by atoms with E-state index in [2.05, 4.69) is 20.9 Å². The Hall–Kier alpha value is -3.37. The molecule has 0 saturated carbocycles. The summed E-state index contributed by atoms with van der Waals surface area (Å²) >= 11 is 0. The number of piperidine rings is 1. The van der Waals surface area contributed by atoms with E-state index in [1.165, 1.54) is 23.9 Å². The average Bonchev–Trinajstić information content (AvgIpc) is 3.24. The molecule has 1 aromatic carbocycles. The molecule has 1 aliphatic heterocycles. The van der Waals surface area contributed by atoms with Crippen LogP contribution in [0, 0.1) is 11.7 Å². The number of amides is 1. The number of aromatic nitrogens is 3. The zero-order valence-electron chi connectivity index (χ0n) is 17.7. The van der Waals surface area contributed by atoms with Crippen LogP contribution in [0.3, 0.4) is 0 Å². The predicted molar refractivity (Wildman–Crippen MR) is 114 cm³/mol. The van der Waals surface area contributed by atoms with E-state index >= 15 is 0 Å². The summed E-state index contributed by atoms with van der Waals surface area (Å²) in [5, 5.41) is 13.2. The van der Waals surface area contributed by atoms with Crippen molar-refractivity contribution in [1.82, 2.24) is 20.3 Å². The predicted octanol–water partition coefficient (Wildman–Crippen LogP) is 1.77. The van der Waals surface area contributed by atoms with Crippen LogP contribution < -0.4 is 15.5 Å². The zero-order chi connectivity index (χ0) is 23.1. The van der Waals surface area contributed by atoms with E-state index in [4.69, 9.17) is 0 Å². The van der Waals surface area contributed by atoms with E-state index in [0.717, 1.165) is 6.29 Å². The Morgan fingerprint density at radius 1 is 1.34 bits per heavy atom.